The fourth-order valence-corrected chi connectivity index (χ4v) is 3.47. The van der Waals surface area contributed by atoms with Crippen LogP contribution in [0.2, 0.25) is 0 Å². The van der Waals surface area contributed by atoms with Crippen molar-refractivity contribution in [1.82, 2.24) is 25.5 Å². The number of piperidine rings is 1. The molecule has 0 bridgehead atoms. The van der Waals surface area contributed by atoms with Crippen molar-refractivity contribution in [3.63, 3.8) is 0 Å². The van der Waals surface area contributed by atoms with Gasteiger partial charge in [-0.05, 0) is 52.6 Å². The Kier molecular flexibility index (Phi) is 9.96. The Bertz CT molecular complexity index is 799. The number of hydrogen-bond acceptors (Lipinski definition) is 5. The fraction of sp³-hybridized carbons (Fsp3) is 0.429. The van der Waals surface area contributed by atoms with E-state index in [0.29, 0.717) is 16.9 Å². The van der Waals surface area contributed by atoms with Gasteiger partial charge in [0.1, 0.15) is 5.84 Å². The van der Waals surface area contributed by atoms with Gasteiger partial charge in [-0.1, -0.05) is 12.6 Å². The molecule has 2 heterocycles. The molecule has 1 aromatic rings. The number of hydrazone groups is 1. The highest BCUT2D eigenvalue weighted by Crippen LogP contribution is 2.23. The number of likely N-dealkylation sites (N-methyl/N-ethyl adjacent to an activating group) is 1. The number of aromatic nitrogens is 1. The molecule has 0 radical (unpaired) electrons. The first-order chi connectivity index (χ1) is 14.4. The van der Waals surface area contributed by atoms with Crippen molar-refractivity contribution in [1.29, 1.82) is 0 Å². The van der Waals surface area contributed by atoms with Gasteiger partial charge in [-0.2, -0.15) is 5.10 Å². The topological polar surface area (TPSA) is 68.2 Å². The van der Waals surface area contributed by atoms with Gasteiger partial charge in [-0.25, -0.2) is 0 Å². The number of pyridine rings is 1. The summed E-state index contributed by atoms with van der Waals surface area (Å²) in [6.07, 6.45) is 9.38. The van der Waals surface area contributed by atoms with E-state index in [0.717, 1.165) is 48.1 Å². The van der Waals surface area contributed by atoms with E-state index in [-0.39, 0.29) is 0 Å². The number of aliphatic imine (C=N–C) groups is 1. The largest absolute Gasteiger partial charge is 0.391 e. The minimum absolute atomic E-state index is 0.415. The molecule has 1 fully saturated rings. The molecule has 2 rings (SSSR count). The number of amidine groups is 1. The number of nitrogens with zero attached hydrogens (tertiary/aromatic N) is 5. The van der Waals surface area contributed by atoms with Crippen LogP contribution in [0.4, 0.5) is 0 Å². The molecule has 1 aliphatic heterocycles. The second-order valence-corrected chi connectivity index (χ2v) is 8.32. The first-order valence-electron chi connectivity index (χ1n) is 9.86. The molecule has 0 aromatic carbocycles. The highest BCUT2D eigenvalue weighted by molar-refractivity contribution is 9.12. The second kappa shape index (κ2) is 12.4. The van der Waals surface area contributed by atoms with Crippen LogP contribution < -0.4 is 10.6 Å². The van der Waals surface area contributed by atoms with Gasteiger partial charge in [0.05, 0.1) is 12.8 Å². The summed E-state index contributed by atoms with van der Waals surface area (Å²) in [5.41, 5.74) is 2.19. The van der Waals surface area contributed by atoms with Crippen molar-refractivity contribution in [3.05, 3.63) is 52.9 Å². The number of halogens is 1. The molecule has 0 amide bonds. The molecule has 0 unspecified atom stereocenters. The Morgan fingerprint density at radius 3 is 2.70 bits per heavy atom. The lowest BCUT2D eigenvalue weighted by molar-refractivity contribution is 0.284. The minimum atomic E-state index is 0.415. The Balaban J connectivity index is 2.21. The van der Waals surface area contributed by atoms with E-state index in [9.17, 15) is 0 Å². The minimum Gasteiger partial charge on any atom is -0.391 e. The van der Waals surface area contributed by atoms with Gasteiger partial charge in [-0.3, -0.25) is 15.0 Å². The van der Waals surface area contributed by atoms with E-state index in [4.69, 9.17) is 17.2 Å². The molecule has 1 saturated heterocycles. The van der Waals surface area contributed by atoms with E-state index >= 15 is 0 Å². The van der Waals surface area contributed by atoms with Crippen LogP contribution in [0.15, 0.2) is 57.5 Å². The summed E-state index contributed by atoms with van der Waals surface area (Å²) in [5.74, 6) is 1.18. The summed E-state index contributed by atoms with van der Waals surface area (Å²) in [6, 6.07) is 3.93. The van der Waals surface area contributed by atoms with Gasteiger partial charge in [0.25, 0.3) is 0 Å². The third kappa shape index (κ3) is 7.53. The highest BCUT2D eigenvalue weighted by atomic mass is 79.9. The summed E-state index contributed by atoms with van der Waals surface area (Å²) < 4.78 is 0.701. The van der Waals surface area contributed by atoms with Gasteiger partial charge >= 0.3 is 0 Å². The average molecular weight is 492 g/mol. The van der Waals surface area contributed by atoms with E-state index in [1.807, 2.05) is 39.5 Å². The monoisotopic (exact) mass is 491 g/mol. The highest BCUT2D eigenvalue weighted by Gasteiger charge is 2.23. The predicted molar refractivity (Wildman–Crippen MR) is 133 cm³/mol. The van der Waals surface area contributed by atoms with Crippen LogP contribution >= 0.6 is 28.1 Å². The molecule has 2 N–H and O–H groups in total. The maximum atomic E-state index is 5.37. The number of nitrogens with one attached hydrogen (secondary N) is 2. The molecule has 162 valence electrons. The molecule has 0 spiro atoms. The van der Waals surface area contributed by atoms with Crippen molar-refractivity contribution in [2.24, 2.45) is 16.0 Å². The van der Waals surface area contributed by atoms with E-state index in [1.165, 1.54) is 0 Å². The zero-order chi connectivity index (χ0) is 21.9. The molecular weight excluding hydrogens is 462 g/mol. The molecule has 0 atom stereocenters. The Morgan fingerprint density at radius 1 is 1.40 bits per heavy atom. The van der Waals surface area contributed by atoms with Crippen molar-refractivity contribution in [2.75, 3.05) is 34.2 Å². The number of rotatable bonds is 7. The number of hydrogen-bond donors (Lipinski definition) is 2. The lowest BCUT2D eigenvalue weighted by Gasteiger charge is -2.34. The normalized spacial score (nSPS) is 15.9. The van der Waals surface area contributed by atoms with Gasteiger partial charge < -0.3 is 15.5 Å². The van der Waals surface area contributed by atoms with Gasteiger partial charge in [0, 0.05) is 68.8 Å². The fourth-order valence-electron chi connectivity index (χ4n) is 3.20. The Morgan fingerprint density at radius 2 is 2.13 bits per heavy atom. The molecule has 9 heteroatoms. The van der Waals surface area contributed by atoms with Crippen molar-refractivity contribution in [2.45, 2.75) is 19.4 Å². The maximum absolute atomic E-state index is 5.37. The molecule has 0 aliphatic carbocycles. The predicted octanol–water partition coefficient (Wildman–Crippen LogP) is 3.13. The van der Waals surface area contributed by atoms with E-state index in [1.54, 1.807) is 17.4 Å². The van der Waals surface area contributed by atoms with Crippen molar-refractivity contribution in [3.8, 4) is 0 Å². The SMILES string of the molecule is C=C(Br)/C=N\N(C)C(C=C(NC)C1CCN(C(=S)NC)CC1)=NCc1cccnc1. The van der Waals surface area contributed by atoms with Gasteiger partial charge in [0.2, 0.25) is 0 Å². The summed E-state index contributed by atoms with van der Waals surface area (Å²) >= 11 is 8.68. The van der Waals surface area contributed by atoms with Crippen LogP contribution in [-0.2, 0) is 6.54 Å². The summed E-state index contributed by atoms with van der Waals surface area (Å²) in [6.45, 7) is 6.20. The van der Waals surface area contributed by atoms with Crippen LogP contribution in [0.1, 0.15) is 18.4 Å². The smallest absolute Gasteiger partial charge is 0.168 e. The molecule has 30 heavy (non-hydrogen) atoms. The van der Waals surface area contributed by atoms with Crippen LogP contribution in [0.25, 0.3) is 0 Å². The summed E-state index contributed by atoms with van der Waals surface area (Å²) in [4.78, 5) is 11.2. The third-order valence-corrected chi connectivity index (χ3v) is 5.53. The van der Waals surface area contributed by atoms with Gasteiger partial charge in [0.15, 0.2) is 5.11 Å². The number of allylic oxidation sites excluding steroid dienone is 2. The third-order valence-electron chi connectivity index (χ3n) is 4.86. The molecule has 7 nitrogen and oxygen atoms in total. The van der Waals surface area contributed by atoms with Crippen LogP contribution in [0, 0.1) is 5.92 Å². The van der Waals surface area contributed by atoms with Crippen molar-refractivity contribution >= 4 is 45.3 Å². The summed E-state index contributed by atoms with van der Waals surface area (Å²) in [5, 5.41) is 13.4. The first-order valence-corrected chi connectivity index (χ1v) is 11.1. The Hall–Kier alpha value is -2.26. The molecule has 0 saturated carbocycles. The van der Waals surface area contributed by atoms with E-state index < -0.39 is 0 Å². The van der Waals surface area contributed by atoms with Crippen LogP contribution in [0.3, 0.4) is 0 Å². The van der Waals surface area contributed by atoms with Crippen LogP contribution in [-0.4, -0.2) is 66.3 Å². The summed E-state index contributed by atoms with van der Waals surface area (Å²) in [7, 11) is 5.71. The average Bonchev–Trinajstić information content (AvgIpc) is 2.78. The number of likely N-dealkylation sites (tertiary alicyclic amines) is 1. The Labute approximate surface area is 193 Å². The standard InChI is InChI=1S/C21H30BrN7S/c1-16(22)13-27-28(4)20(26-15-17-6-5-9-25-14-17)12-19(23-2)18-7-10-29(11-8-18)21(30)24-3/h5-6,9,12-14,18,23H,1,7-8,10-11,15H2,2-4H3,(H,24,30)/b19-12?,26-20?,27-13-. The van der Waals surface area contributed by atoms with Crippen LogP contribution in [0.5, 0.6) is 0 Å². The molecular formula is C21H30BrN7S. The van der Waals surface area contributed by atoms with Gasteiger partial charge in [-0.15, -0.1) is 0 Å². The van der Waals surface area contributed by atoms with Crippen molar-refractivity contribution < 1.29 is 0 Å². The van der Waals surface area contributed by atoms with E-state index in [2.05, 4.69) is 54.2 Å². The molecule has 1 aromatic heterocycles. The maximum Gasteiger partial charge on any atom is 0.168 e. The second-order valence-electron chi connectivity index (χ2n) is 6.92. The quantitative estimate of drug-likeness (QED) is 0.264. The lowest BCUT2D eigenvalue weighted by Crippen LogP contribution is -2.44. The zero-order valence-electron chi connectivity index (χ0n) is 17.8. The number of thiocarbonyl (C=S) groups is 1. The molecule has 1 aliphatic rings. The first kappa shape index (κ1) is 24.0. The zero-order valence-corrected chi connectivity index (χ0v) is 20.2. The lowest BCUT2D eigenvalue weighted by atomic mass is 9.93.